The van der Waals surface area contributed by atoms with Crippen molar-refractivity contribution >= 4 is 44.6 Å². The molecular formula is C30H28BrFN4O4. The lowest BCUT2D eigenvalue weighted by Crippen LogP contribution is -2.25. The average Bonchev–Trinajstić information content (AvgIpc) is 2.97. The van der Waals surface area contributed by atoms with E-state index in [2.05, 4.69) is 26.3 Å². The Kier molecular flexibility index (Phi) is 8.54. The molecule has 1 aliphatic rings. The molecule has 1 aliphatic carbocycles. The predicted molar refractivity (Wildman–Crippen MR) is 156 cm³/mol. The molecule has 1 N–H and O–H groups in total. The quantitative estimate of drug-likeness (QED) is 0.239. The topological polar surface area (TPSA) is 94.8 Å². The molecule has 0 atom stereocenters. The molecule has 0 bridgehead atoms. The van der Waals surface area contributed by atoms with Gasteiger partial charge in [0, 0.05) is 16.0 Å². The second-order valence-corrected chi connectivity index (χ2v) is 10.4. The lowest BCUT2D eigenvalue weighted by Gasteiger charge is -2.22. The summed E-state index contributed by atoms with van der Waals surface area (Å²) < 4.78 is 27.4. The molecule has 0 unspecified atom stereocenters. The number of para-hydroxylation sites is 2. The van der Waals surface area contributed by atoms with Gasteiger partial charge in [0.1, 0.15) is 11.6 Å². The zero-order valence-corrected chi connectivity index (χ0v) is 23.5. The van der Waals surface area contributed by atoms with Crippen molar-refractivity contribution in [2.45, 2.75) is 38.0 Å². The number of carbonyl (C=O) groups is 1. The number of carbonyl (C=O) groups excluding carboxylic acids is 1. The van der Waals surface area contributed by atoms with Crippen LogP contribution in [-0.4, -0.2) is 35.5 Å². The van der Waals surface area contributed by atoms with Crippen LogP contribution in [0, 0.1) is 5.82 Å². The zero-order valence-electron chi connectivity index (χ0n) is 21.9. The number of fused-ring (bicyclic) bond motifs is 1. The number of hydrogen-bond acceptors (Lipinski definition) is 6. The summed E-state index contributed by atoms with van der Waals surface area (Å²) >= 11 is 3.47. The van der Waals surface area contributed by atoms with Gasteiger partial charge in [-0.3, -0.25) is 9.59 Å². The highest BCUT2D eigenvalue weighted by Gasteiger charge is 2.23. The van der Waals surface area contributed by atoms with Gasteiger partial charge in [-0.25, -0.2) is 9.37 Å². The van der Waals surface area contributed by atoms with Gasteiger partial charge in [0.15, 0.2) is 18.1 Å². The first-order valence-electron chi connectivity index (χ1n) is 13.1. The Morgan fingerprint density at radius 3 is 2.67 bits per heavy atom. The Bertz CT molecular complexity index is 1630. The summed E-state index contributed by atoms with van der Waals surface area (Å²) in [5, 5.41) is 7.57. The molecule has 0 radical (unpaired) electrons. The van der Waals surface area contributed by atoms with Crippen molar-refractivity contribution in [1.82, 2.24) is 9.66 Å². The molecule has 1 fully saturated rings. The maximum absolute atomic E-state index is 14.0. The number of rotatable bonds is 8. The molecule has 0 spiro atoms. The van der Waals surface area contributed by atoms with E-state index < -0.39 is 18.3 Å². The van der Waals surface area contributed by atoms with E-state index in [1.807, 2.05) is 12.1 Å². The van der Waals surface area contributed by atoms with Crippen molar-refractivity contribution in [2.24, 2.45) is 5.10 Å². The molecule has 0 aliphatic heterocycles. The molecule has 1 aromatic heterocycles. The van der Waals surface area contributed by atoms with Crippen molar-refractivity contribution in [1.29, 1.82) is 0 Å². The van der Waals surface area contributed by atoms with Crippen LogP contribution >= 0.6 is 15.9 Å². The van der Waals surface area contributed by atoms with Crippen molar-refractivity contribution in [3.05, 3.63) is 92.7 Å². The van der Waals surface area contributed by atoms with E-state index in [0.717, 1.165) is 25.7 Å². The second kappa shape index (κ2) is 12.4. The number of methoxy groups -OCH3 is 1. The lowest BCUT2D eigenvalue weighted by molar-refractivity contribution is -0.118. The van der Waals surface area contributed by atoms with Crippen LogP contribution in [0.2, 0.25) is 0 Å². The normalized spacial score (nSPS) is 14.0. The molecule has 10 heteroatoms. The largest absolute Gasteiger partial charge is 0.493 e. The van der Waals surface area contributed by atoms with Crippen LogP contribution in [0.5, 0.6) is 11.5 Å². The van der Waals surface area contributed by atoms with Crippen LogP contribution in [-0.2, 0) is 4.79 Å². The molecule has 1 saturated carbocycles. The summed E-state index contributed by atoms with van der Waals surface area (Å²) in [6.07, 6.45) is 6.70. The summed E-state index contributed by atoms with van der Waals surface area (Å²) in [5.41, 5.74) is 0.920. The molecular weight excluding hydrogens is 579 g/mol. The molecule has 4 aromatic rings. The second-order valence-electron chi connectivity index (χ2n) is 9.53. The number of anilines is 1. The van der Waals surface area contributed by atoms with E-state index in [1.165, 1.54) is 42.6 Å². The highest BCUT2D eigenvalue weighted by atomic mass is 79.9. The Morgan fingerprint density at radius 2 is 1.90 bits per heavy atom. The molecule has 3 aromatic carbocycles. The van der Waals surface area contributed by atoms with Gasteiger partial charge in [0.2, 0.25) is 0 Å². The van der Waals surface area contributed by atoms with Crippen LogP contribution in [0.15, 0.2) is 75.0 Å². The smallest absolute Gasteiger partial charge is 0.282 e. The standard InChI is InChI=1S/C30H28BrFN4O4/c1-39-26-16-21(31)15-20(28(26)40-18-27(37)34-25-14-8-6-12-23(25)32)17-33-36-29(19-9-3-2-4-10-19)35-24-13-7-5-11-22(24)30(36)38/h5-8,11-17,19H,2-4,9-10,18H2,1H3,(H,34,37). The van der Waals surface area contributed by atoms with Crippen LogP contribution in [0.25, 0.3) is 10.9 Å². The Hall–Kier alpha value is -4.05. The minimum absolute atomic E-state index is 0.0547. The fourth-order valence-corrected chi connectivity index (χ4v) is 5.33. The highest BCUT2D eigenvalue weighted by Crippen LogP contribution is 2.35. The lowest BCUT2D eigenvalue weighted by atomic mass is 9.88. The SMILES string of the molecule is COc1cc(Br)cc(C=Nn2c(C3CCCCC3)nc3ccccc3c2=O)c1OCC(=O)Nc1ccccc1F. The van der Waals surface area contributed by atoms with E-state index in [0.29, 0.717) is 32.5 Å². The minimum Gasteiger partial charge on any atom is -0.493 e. The van der Waals surface area contributed by atoms with Gasteiger partial charge in [-0.05, 0) is 49.2 Å². The molecule has 206 valence electrons. The average molecular weight is 607 g/mol. The van der Waals surface area contributed by atoms with E-state index in [9.17, 15) is 14.0 Å². The van der Waals surface area contributed by atoms with Gasteiger partial charge in [-0.15, -0.1) is 0 Å². The van der Waals surface area contributed by atoms with Crippen LogP contribution < -0.4 is 20.3 Å². The first-order chi connectivity index (χ1) is 19.4. The number of ether oxygens (including phenoxy) is 2. The Morgan fingerprint density at radius 1 is 1.15 bits per heavy atom. The third-order valence-electron chi connectivity index (χ3n) is 6.83. The van der Waals surface area contributed by atoms with Crippen LogP contribution in [0.1, 0.15) is 49.4 Å². The summed E-state index contributed by atoms with van der Waals surface area (Å²) in [5.74, 6) is 0.261. The number of halogens is 2. The van der Waals surface area contributed by atoms with Crippen molar-refractivity contribution in [2.75, 3.05) is 19.0 Å². The Labute approximate surface area is 239 Å². The third-order valence-corrected chi connectivity index (χ3v) is 7.28. The van der Waals surface area contributed by atoms with Crippen molar-refractivity contribution in [3.8, 4) is 11.5 Å². The molecule has 40 heavy (non-hydrogen) atoms. The van der Waals surface area contributed by atoms with Gasteiger partial charge >= 0.3 is 0 Å². The summed E-state index contributed by atoms with van der Waals surface area (Å²) in [6, 6.07) is 16.6. The van der Waals surface area contributed by atoms with E-state index in [-0.39, 0.29) is 22.9 Å². The maximum atomic E-state index is 14.0. The number of nitrogens with one attached hydrogen (secondary N) is 1. The Balaban J connectivity index is 1.49. The monoisotopic (exact) mass is 606 g/mol. The third kappa shape index (κ3) is 6.07. The molecule has 1 heterocycles. The fraction of sp³-hybridized carbons (Fsp3) is 0.267. The van der Waals surface area contributed by atoms with Crippen molar-refractivity contribution in [3.63, 3.8) is 0 Å². The number of nitrogens with zero attached hydrogens (tertiary/aromatic N) is 3. The predicted octanol–water partition coefficient (Wildman–Crippen LogP) is 6.25. The van der Waals surface area contributed by atoms with Gasteiger partial charge in [-0.1, -0.05) is 59.5 Å². The van der Waals surface area contributed by atoms with Crippen LogP contribution in [0.3, 0.4) is 0 Å². The first kappa shape index (κ1) is 27.5. The van der Waals surface area contributed by atoms with Crippen molar-refractivity contribution < 1.29 is 18.7 Å². The number of benzene rings is 3. The molecule has 5 rings (SSSR count). The minimum atomic E-state index is -0.549. The molecule has 8 nitrogen and oxygen atoms in total. The van der Waals surface area contributed by atoms with Gasteiger partial charge < -0.3 is 14.8 Å². The van der Waals surface area contributed by atoms with E-state index in [1.54, 1.807) is 30.3 Å². The van der Waals surface area contributed by atoms with E-state index >= 15 is 0 Å². The summed E-state index contributed by atoms with van der Waals surface area (Å²) in [6.45, 7) is -0.405. The van der Waals surface area contributed by atoms with E-state index in [4.69, 9.17) is 14.5 Å². The maximum Gasteiger partial charge on any atom is 0.282 e. The number of amides is 1. The van der Waals surface area contributed by atoms with Gasteiger partial charge in [-0.2, -0.15) is 9.78 Å². The molecule has 0 saturated heterocycles. The molecule has 1 amide bonds. The summed E-state index contributed by atoms with van der Waals surface area (Å²) in [4.78, 5) is 31.0. The fourth-order valence-electron chi connectivity index (χ4n) is 4.87. The summed E-state index contributed by atoms with van der Waals surface area (Å²) in [7, 11) is 1.48. The highest BCUT2D eigenvalue weighted by molar-refractivity contribution is 9.10. The van der Waals surface area contributed by atoms with Crippen LogP contribution in [0.4, 0.5) is 10.1 Å². The number of hydrogen-bond donors (Lipinski definition) is 1. The van der Waals surface area contributed by atoms with Gasteiger partial charge in [0.25, 0.3) is 11.5 Å². The number of aromatic nitrogens is 2. The first-order valence-corrected chi connectivity index (χ1v) is 13.8. The van der Waals surface area contributed by atoms with Gasteiger partial charge in [0.05, 0.1) is 29.9 Å². The zero-order chi connectivity index (χ0) is 28.1.